The van der Waals surface area contributed by atoms with Crippen molar-refractivity contribution in [2.24, 2.45) is 0 Å². The van der Waals surface area contributed by atoms with E-state index in [0.717, 1.165) is 36.0 Å². The van der Waals surface area contributed by atoms with E-state index in [9.17, 15) is 9.59 Å². The summed E-state index contributed by atoms with van der Waals surface area (Å²) in [5, 5.41) is 3.64. The van der Waals surface area contributed by atoms with Gasteiger partial charge in [0, 0.05) is 16.0 Å². The van der Waals surface area contributed by atoms with Gasteiger partial charge in [-0.3, -0.25) is 4.79 Å². The van der Waals surface area contributed by atoms with Gasteiger partial charge in [-0.15, -0.1) is 11.3 Å². The summed E-state index contributed by atoms with van der Waals surface area (Å²) in [4.78, 5) is 27.4. The van der Waals surface area contributed by atoms with Crippen molar-refractivity contribution in [1.29, 1.82) is 0 Å². The van der Waals surface area contributed by atoms with Gasteiger partial charge in [-0.05, 0) is 43.9 Å². The fourth-order valence-corrected chi connectivity index (χ4v) is 5.57. The molecule has 6 heteroatoms. The summed E-state index contributed by atoms with van der Waals surface area (Å²) >= 11 is 1.49. The number of hydrogen-bond acceptors (Lipinski definition) is 5. The molecule has 5 nitrogen and oxygen atoms in total. The normalized spacial score (nSPS) is 14.3. The van der Waals surface area contributed by atoms with Crippen molar-refractivity contribution in [3.63, 3.8) is 0 Å². The molecular weight excluding hydrogens is 398 g/mol. The van der Waals surface area contributed by atoms with Crippen LogP contribution in [0.4, 0.5) is 5.00 Å². The molecule has 30 heavy (non-hydrogen) atoms. The lowest BCUT2D eigenvalue weighted by Crippen LogP contribution is -2.25. The van der Waals surface area contributed by atoms with E-state index in [0.29, 0.717) is 28.7 Å². The molecule has 0 radical (unpaired) electrons. The number of fused-ring (bicyclic) bond motifs is 3. The Morgan fingerprint density at radius 3 is 2.40 bits per heavy atom. The quantitative estimate of drug-likeness (QED) is 0.584. The van der Waals surface area contributed by atoms with E-state index in [4.69, 9.17) is 9.47 Å². The number of nitrogens with one attached hydrogen (secondary N) is 1. The molecule has 1 aromatic heterocycles. The summed E-state index contributed by atoms with van der Waals surface area (Å²) in [7, 11) is 0. The Morgan fingerprint density at radius 1 is 1.07 bits per heavy atom. The number of benzene rings is 2. The van der Waals surface area contributed by atoms with Crippen LogP contribution < -0.4 is 10.1 Å². The van der Waals surface area contributed by atoms with Crippen LogP contribution >= 0.6 is 11.3 Å². The summed E-state index contributed by atoms with van der Waals surface area (Å²) in [6.07, 6.45) is 2.81. The van der Waals surface area contributed by atoms with Crippen molar-refractivity contribution in [3.05, 3.63) is 75.7 Å². The first-order chi connectivity index (χ1) is 14.7. The highest BCUT2D eigenvalue weighted by Crippen LogP contribution is 2.45. The number of carbonyl (C=O) groups is 2. The number of aryl methyl sites for hydroxylation is 1. The van der Waals surface area contributed by atoms with Crippen LogP contribution in [0.1, 0.15) is 51.2 Å². The fraction of sp³-hybridized carbons (Fsp3) is 0.250. The smallest absolute Gasteiger partial charge is 0.341 e. The topological polar surface area (TPSA) is 64.6 Å². The van der Waals surface area contributed by atoms with Gasteiger partial charge in [0.1, 0.15) is 16.5 Å². The Hall–Kier alpha value is -3.12. The average Bonchev–Trinajstić information content (AvgIpc) is 3.32. The van der Waals surface area contributed by atoms with E-state index in [-0.39, 0.29) is 11.9 Å². The SMILES string of the molecule is CCOC(=O)c1c(NC(=O)C2c3ccccc3Oc3ccccc32)sc2c1CCC2. The van der Waals surface area contributed by atoms with Crippen LogP contribution in [0.5, 0.6) is 11.5 Å². The molecule has 0 saturated carbocycles. The summed E-state index contributed by atoms with van der Waals surface area (Å²) in [6, 6.07) is 15.2. The van der Waals surface area contributed by atoms with Gasteiger partial charge in [0.15, 0.2) is 0 Å². The molecule has 2 heterocycles. The van der Waals surface area contributed by atoms with E-state index < -0.39 is 5.92 Å². The molecule has 1 amide bonds. The van der Waals surface area contributed by atoms with Crippen molar-refractivity contribution in [3.8, 4) is 11.5 Å². The van der Waals surface area contributed by atoms with Crippen molar-refractivity contribution in [2.75, 3.05) is 11.9 Å². The van der Waals surface area contributed by atoms with Crippen LogP contribution in [0.15, 0.2) is 48.5 Å². The number of esters is 1. The van der Waals surface area contributed by atoms with Crippen molar-refractivity contribution in [1.82, 2.24) is 0 Å². The molecule has 0 saturated heterocycles. The van der Waals surface area contributed by atoms with Crippen LogP contribution in [-0.2, 0) is 22.4 Å². The molecule has 0 atom stereocenters. The van der Waals surface area contributed by atoms with Gasteiger partial charge >= 0.3 is 5.97 Å². The Kier molecular flexibility index (Phi) is 4.79. The van der Waals surface area contributed by atoms with Crippen molar-refractivity contribution >= 4 is 28.2 Å². The highest BCUT2D eigenvalue weighted by atomic mass is 32.1. The number of ether oxygens (including phenoxy) is 2. The van der Waals surface area contributed by atoms with E-state index in [1.807, 2.05) is 48.5 Å². The second-order valence-corrected chi connectivity index (χ2v) is 8.49. The largest absolute Gasteiger partial charge is 0.462 e. The molecule has 2 aliphatic rings. The number of para-hydroxylation sites is 2. The van der Waals surface area contributed by atoms with Gasteiger partial charge in [0.25, 0.3) is 0 Å². The zero-order chi connectivity index (χ0) is 20.7. The molecule has 5 rings (SSSR count). The number of thiophene rings is 1. The number of rotatable bonds is 4. The molecule has 0 unspecified atom stereocenters. The van der Waals surface area contributed by atoms with Crippen LogP contribution in [0.25, 0.3) is 0 Å². The third kappa shape index (κ3) is 3.08. The summed E-state index contributed by atoms with van der Waals surface area (Å²) in [5.74, 6) is 0.299. The van der Waals surface area contributed by atoms with Crippen molar-refractivity contribution in [2.45, 2.75) is 32.1 Å². The first-order valence-electron chi connectivity index (χ1n) is 10.2. The maximum absolute atomic E-state index is 13.5. The first kappa shape index (κ1) is 18.9. The molecule has 1 aliphatic carbocycles. The average molecular weight is 420 g/mol. The zero-order valence-corrected chi connectivity index (χ0v) is 17.4. The minimum Gasteiger partial charge on any atom is -0.462 e. The van der Waals surface area contributed by atoms with Crippen LogP contribution in [0, 0.1) is 0 Å². The predicted octanol–water partition coefficient (Wildman–Crippen LogP) is 5.29. The number of carbonyl (C=O) groups excluding carboxylic acids is 2. The second kappa shape index (κ2) is 7.61. The zero-order valence-electron chi connectivity index (χ0n) is 16.6. The van der Waals surface area contributed by atoms with Gasteiger partial charge in [-0.2, -0.15) is 0 Å². The molecule has 0 spiro atoms. The molecular formula is C24H21NO4S. The van der Waals surface area contributed by atoms with Crippen LogP contribution in [-0.4, -0.2) is 18.5 Å². The monoisotopic (exact) mass is 419 g/mol. The lowest BCUT2D eigenvalue weighted by molar-refractivity contribution is -0.116. The maximum Gasteiger partial charge on any atom is 0.341 e. The number of anilines is 1. The number of amides is 1. The molecule has 152 valence electrons. The minimum atomic E-state index is -0.516. The molecule has 1 N–H and O–H groups in total. The van der Waals surface area contributed by atoms with Gasteiger partial charge in [-0.25, -0.2) is 4.79 Å². The highest BCUT2D eigenvalue weighted by molar-refractivity contribution is 7.17. The Balaban J connectivity index is 1.54. The van der Waals surface area contributed by atoms with Crippen LogP contribution in [0.3, 0.4) is 0 Å². The third-order valence-electron chi connectivity index (χ3n) is 5.58. The Labute approximate surface area is 178 Å². The van der Waals surface area contributed by atoms with Gasteiger partial charge in [0.2, 0.25) is 5.91 Å². The van der Waals surface area contributed by atoms with E-state index in [1.165, 1.54) is 16.2 Å². The van der Waals surface area contributed by atoms with E-state index in [1.54, 1.807) is 6.92 Å². The first-order valence-corrected chi connectivity index (χ1v) is 11.0. The van der Waals surface area contributed by atoms with E-state index >= 15 is 0 Å². The van der Waals surface area contributed by atoms with Gasteiger partial charge in [0.05, 0.1) is 18.1 Å². The Bertz CT molecular complexity index is 1100. The molecule has 2 aromatic carbocycles. The summed E-state index contributed by atoms with van der Waals surface area (Å²) in [6.45, 7) is 2.09. The fourth-order valence-electron chi connectivity index (χ4n) is 4.29. The van der Waals surface area contributed by atoms with E-state index in [2.05, 4.69) is 5.32 Å². The summed E-state index contributed by atoms with van der Waals surface area (Å²) < 4.78 is 11.3. The maximum atomic E-state index is 13.5. The molecule has 0 fully saturated rings. The second-order valence-electron chi connectivity index (χ2n) is 7.38. The van der Waals surface area contributed by atoms with Gasteiger partial charge in [-0.1, -0.05) is 36.4 Å². The minimum absolute atomic E-state index is 0.177. The summed E-state index contributed by atoms with van der Waals surface area (Å²) in [5.41, 5.74) is 3.18. The molecule has 1 aliphatic heterocycles. The van der Waals surface area contributed by atoms with Crippen molar-refractivity contribution < 1.29 is 19.1 Å². The lowest BCUT2D eigenvalue weighted by Gasteiger charge is -2.27. The Morgan fingerprint density at radius 2 is 1.73 bits per heavy atom. The van der Waals surface area contributed by atoms with Crippen LogP contribution in [0.2, 0.25) is 0 Å². The van der Waals surface area contributed by atoms with Gasteiger partial charge < -0.3 is 14.8 Å². The lowest BCUT2D eigenvalue weighted by atomic mass is 9.87. The number of hydrogen-bond donors (Lipinski definition) is 1. The predicted molar refractivity (Wildman–Crippen MR) is 116 cm³/mol. The standard InChI is InChI=1S/C24H21NO4S/c1-2-28-24(27)21-16-10-7-13-19(16)30-23(21)25-22(26)20-14-8-3-5-11-17(14)29-18-12-6-4-9-15(18)20/h3-6,8-9,11-12,20H,2,7,10,13H2,1H3,(H,25,26). The third-order valence-corrected chi connectivity index (χ3v) is 6.79. The molecule has 3 aromatic rings. The highest BCUT2D eigenvalue weighted by Gasteiger charge is 2.35. The molecule has 0 bridgehead atoms.